The fourth-order valence-corrected chi connectivity index (χ4v) is 2.63. The SMILES string of the molecule is CCCC(C)CC(NCC)C1CC1C. The average Bonchev–Trinajstić information content (AvgIpc) is 2.82. The second-order valence-electron chi connectivity index (χ2n) is 5.17. The zero-order chi connectivity index (χ0) is 10.6. The Morgan fingerprint density at radius 2 is 2.00 bits per heavy atom. The third-order valence-corrected chi connectivity index (χ3v) is 3.59. The zero-order valence-electron chi connectivity index (χ0n) is 10.3. The van der Waals surface area contributed by atoms with E-state index in [0.29, 0.717) is 0 Å². The molecule has 1 N–H and O–H groups in total. The van der Waals surface area contributed by atoms with Crippen LogP contribution >= 0.6 is 0 Å². The highest BCUT2D eigenvalue weighted by Gasteiger charge is 2.39. The molecule has 0 saturated heterocycles. The fourth-order valence-electron chi connectivity index (χ4n) is 2.63. The van der Waals surface area contributed by atoms with Gasteiger partial charge in [0, 0.05) is 6.04 Å². The van der Waals surface area contributed by atoms with Gasteiger partial charge in [0.15, 0.2) is 0 Å². The van der Waals surface area contributed by atoms with Gasteiger partial charge in [0.2, 0.25) is 0 Å². The van der Waals surface area contributed by atoms with E-state index < -0.39 is 0 Å². The summed E-state index contributed by atoms with van der Waals surface area (Å²) >= 11 is 0. The first kappa shape index (κ1) is 12.0. The fraction of sp³-hybridized carbons (Fsp3) is 1.00. The van der Waals surface area contributed by atoms with Crippen LogP contribution in [0.2, 0.25) is 0 Å². The average molecular weight is 197 g/mol. The monoisotopic (exact) mass is 197 g/mol. The molecule has 84 valence electrons. The van der Waals surface area contributed by atoms with Crippen molar-refractivity contribution in [3.63, 3.8) is 0 Å². The van der Waals surface area contributed by atoms with Gasteiger partial charge in [0.25, 0.3) is 0 Å². The number of nitrogens with one attached hydrogen (secondary N) is 1. The Bertz CT molecular complexity index is 155. The van der Waals surface area contributed by atoms with E-state index in [1.807, 2.05) is 0 Å². The van der Waals surface area contributed by atoms with Crippen LogP contribution in [0.5, 0.6) is 0 Å². The molecule has 0 bridgehead atoms. The summed E-state index contributed by atoms with van der Waals surface area (Å²) in [6.45, 7) is 10.4. The molecule has 4 atom stereocenters. The minimum atomic E-state index is 0.802. The van der Waals surface area contributed by atoms with Crippen molar-refractivity contribution in [1.29, 1.82) is 0 Å². The Kier molecular flexibility index (Phi) is 4.94. The van der Waals surface area contributed by atoms with E-state index in [0.717, 1.165) is 30.3 Å². The Morgan fingerprint density at radius 1 is 1.36 bits per heavy atom. The summed E-state index contributed by atoms with van der Waals surface area (Å²) in [5.41, 5.74) is 0. The van der Waals surface area contributed by atoms with Crippen LogP contribution in [-0.4, -0.2) is 12.6 Å². The number of rotatable bonds is 7. The molecule has 1 aliphatic carbocycles. The van der Waals surface area contributed by atoms with Gasteiger partial charge in [-0.3, -0.25) is 0 Å². The minimum Gasteiger partial charge on any atom is -0.314 e. The normalized spacial score (nSPS) is 30.0. The second kappa shape index (κ2) is 5.75. The number of hydrogen-bond donors (Lipinski definition) is 1. The van der Waals surface area contributed by atoms with Crippen LogP contribution in [0.25, 0.3) is 0 Å². The molecule has 0 heterocycles. The van der Waals surface area contributed by atoms with Gasteiger partial charge in [-0.15, -0.1) is 0 Å². The third-order valence-electron chi connectivity index (χ3n) is 3.59. The lowest BCUT2D eigenvalue weighted by Crippen LogP contribution is -2.33. The molecule has 0 aromatic carbocycles. The van der Waals surface area contributed by atoms with Gasteiger partial charge in [-0.25, -0.2) is 0 Å². The maximum Gasteiger partial charge on any atom is 0.0100 e. The summed E-state index contributed by atoms with van der Waals surface area (Å²) in [6.07, 6.45) is 5.57. The van der Waals surface area contributed by atoms with Gasteiger partial charge in [-0.1, -0.05) is 40.5 Å². The van der Waals surface area contributed by atoms with Crippen molar-refractivity contribution in [2.45, 2.75) is 59.4 Å². The summed E-state index contributed by atoms with van der Waals surface area (Å²) in [5.74, 6) is 2.86. The first-order valence-corrected chi connectivity index (χ1v) is 6.42. The number of hydrogen-bond acceptors (Lipinski definition) is 1. The van der Waals surface area contributed by atoms with Gasteiger partial charge in [-0.05, 0) is 37.1 Å². The highest BCUT2D eigenvalue weighted by molar-refractivity contribution is 4.92. The lowest BCUT2D eigenvalue weighted by molar-refractivity contribution is 0.352. The predicted molar refractivity (Wildman–Crippen MR) is 63.4 cm³/mol. The summed E-state index contributed by atoms with van der Waals surface area (Å²) in [5, 5.41) is 3.66. The molecule has 0 amide bonds. The van der Waals surface area contributed by atoms with Crippen molar-refractivity contribution in [2.24, 2.45) is 17.8 Å². The van der Waals surface area contributed by atoms with Crippen LogP contribution < -0.4 is 5.32 Å². The van der Waals surface area contributed by atoms with Crippen LogP contribution in [0.3, 0.4) is 0 Å². The molecule has 0 spiro atoms. The lowest BCUT2D eigenvalue weighted by atomic mass is 9.94. The van der Waals surface area contributed by atoms with E-state index in [9.17, 15) is 0 Å². The van der Waals surface area contributed by atoms with E-state index in [1.165, 1.54) is 25.7 Å². The van der Waals surface area contributed by atoms with Crippen LogP contribution in [-0.2, 0) is 0 Å². The summed E-state index contributed by atoms with van der Waals surface area (Å²) in [4.78, 5) is 0. The molecular formula is C13H27N. The van der Waals surface area contributed by atoms with Crippen molar-refractivity contribution in [2.75, 3.05) is 6.54 Å². The standard InChI is InChI=1S/C13H27N/c1-5-7-10(3)8-13(14-6-2)12-9-11(12)4/h10-14H,5-9H2,1-4H3. The summed E-state index contributed by atoms with van der Waals surface area (Å²) in [7, 11) is 0. The quantitative estimate of drug-likeness (QED) is 0.659. The molecule has 1 aliphatic rings. The Balaban J connectivity index is 2.27. The predicted octanol–water partition coefficient (Wildman–Crippen LogP) is 3.45. The lowest BCUT2D eigenvalue weighted by Gasteiger charge is -2.21. The molecule has 1 nitrogen and oxygen atoms in total. The molecule has 1 heteroatoms. The van der Waals surface area contributed by atoms with Crippen molar-refractivity contribution in [3.05, 3.63) is 0 Å². The van der Waals surface area contributed by atoms with Gasteiger partial charge in [-0.2, -0.15) is 0 Å². The smallest absolute Gasteiger partial charge is 0.0100 e. The summed E-state index contributed by atoms with van der Waals surface area (Å²) in [6, 6.07) is 0.802. The molecule has 0 aliphatic heterocycles. The molecule has 1 saturated carbocycles. The highest BCUT2D eigenvalue weighted by Crippen LogP contribution is 2.42. The summed E-state index contributed by atoms with van der Waals surface area (Å²) < 4.78 is 0. The Labute approximate surface area is 89.7 Å². The van der Waals surface area contributed by atoms with Crippen molar-refractivity contribution in [3.8, 4) is 0 Å². The van der Waals surface area contributed by atoms with Crippen LogP contribution in [0, 0.1) is 17.8 Å². The van der Waals surface area contributed by atoms with Gasteiger partial charge < -0.3 is 5.32 Å². The molecule has 4 unspecified atom stereocenters. The van der Waals surface area contributed by atoms with E-state index in [4.69, 9.17) is 0 Å². The van der Waals surface area contributed by atoms with Crippen LogP contribution in [0.15, 0.2) is 0 Å². The van der Waals surface area contributed by atoms with Gasteiger partial charge in [0.1, 0.15) is 0 Å². The minimum absolute atomic E-state index is 0.802. The molecule has 0 aromatic rings. The van der Waals surface area contributed by atoms with E-state index in [1.54, 1.807) is 0 Å². The van der Waals surface area contributed by atoms with Crippen LogP contribution in [0.1, 0.15) is 53.4 Å². The molecule has 14 heavy (non-hydrogen) atoms. The molecule has 0 aromatic heterocycles. The van der Waals surface area contributed by atoms with E-state index in [-0.39, 0.29) is 0 Å². The first-order valence-electron chi connectivity index (χ1n) is 6.42. The zero-order valence-corrected chi connectivity index (χ0v) is 10.3. The first-order chi connectivity index (χ1) is 6.69. The highest BCUT2D eigenvalue weighted by atomic mass is 14.9. The largest absolute Gasteiger partial charge is 0.314 e. The van der Waals surface area contributed by atoms with E-state index >= 15 is 0 Å². The van der Waals surface area contributed by atoms with Crippen LogP contribution in [0.4, 0.5) is 0 Å². The Hall–Kier alpha value is -0.0400. The Morgan fingerprint density at radius 3 is 2.43 bits per heavy atom. The maximum atomic E-state index is 3.66. The molecule has 1 fully saturated rings. The third kappa shape index (κ3) is 3.61. The van der Waals surface area contributed by atoms with Gasteiger partial charge >= 0.3 is 0 Å². The molecule has 0 radical (unpaired) electrons. The maximum absolute atomic E-state index is 3.66. The van der Waals surface area contributed by atoms with Crippen molar-refractivity contribution < 1.29 is 0 Å². The second-order valence-corrected chi connectivity index (χ2v) is 5.17. The van der Waals surface area contributed by atoms with E-state index in [2.05, 4.69) is 33.0 Å². The van der Waals surface area contributed by atoms with Gasteiger partial charge in [0.05, 0.1) is 0 Å². The molecular weight excluding hydrogens is 170 g/mol. The molecule has 1 rings (SSSR count). The van der Waals surface area contributed by atoms with Crippen molar-refractivity contribution >= 4 is 0 Å². The topological polar surface area (TPSA) is 12.0 Å². The van der Waals surface area contributed by atoms with Crippen molar-refractivity contribution in [1.82, 2.24) is 5.32 Å².